The van der Waals surface area contributed by atoms with Gasteiger partial charge in [0.05, 0.1) is 19.4 Å². The lowest BCUT2D eigenvalue weighted by Crippen LogP contribution is -2.69. The number of esters is 4. The third-order valence-electron chi connectivity index (χ3n) is 13.3. The van der Waals surface area contributed by atoms with Gasteiger partial charge in [0.25, 0.3) is 0 Å². The number of alkyl carbamates (subject to hydrolysis) is 1. The third-order valence-corrected chi connectivity index (χ3v) is 13.3. The minimum absolute atomic E-state index is 0.175. The van der Waals surface area contributed by atoms with Gasteiger partial charge < -0.3 is 81.3 Å². The fraction of sp³-hybridized carbons (Fsp3) is 0.550. The predicted molar refractivity (Wildman–Crippen MR) is 315 cm³/mol. The number of fused-ring (bicyclic) bond motifs is 1. The van der Waals surface area contributed by atoms with Crippen LogP contribution in [0.25, 0.3) is 10.9 Å². The second-order valence-electron chi connectivity index (χ2n) is 24.0. The van der Waals surface area contributed by atoms with Crippen LogP contribution in [0.4, 0.5) is 4.79 Å². The van der Waals surface area contributed by atoms with Crippen molar-refractivity contribution in [3.63, 3.8) is 0 Å². The quantitative estimate of drug-likeness (QED) is 0.0606. The molecule has 11 atom stereocenters. The van der Waals surface area contributed by atoms with Crippen LogP contribution in [0.5, 0.6) is 0 Å². The van der Waals surface area contributed by atoms with Crippen LogP contribution >= 0.6 is 0 Å². The SMILES string of the molecule is CC(=O)N[C@@H]1[C@@H](OC(C)=O)[C@H](OC(C)=O)[C@@H](COC(C)=O)O[C@H]1NC(=O)C[C@@H]1NC(=O)[C@H](CC(C)C)NC(=O)[C@@H](CNC(=O)OC(C)(C)C)NC(=O)[C@H](Cc2ccccc2)NC(=O)[C@H](Cc2c[nH]c3ccccc23)NC(=O)[C@H](CC(=O)OC(C)(C)C)NC1=O. The van der Waals surface area contributed by atoms with Crippen molar-refractivity contribution in [2.24, 2.45) is 5.92 Å². The van der Waals surface area contributed by atoms with E-state index in [0.29, 0.717) is 22.0 Å². The molecule has 0 bridgehead atoms. The molecule has 2 saturated heterocycles. The molecule has 2 fully saturated rings. The van der Waals surface area contributed by atoms with Crippen molar-refractivity contribution < 1.29 is 90.8 Å². The van der Waals surface area contributed by atoms with Gasteiger partial charge in [-0.15, -0.1) is 0 Å². The highest BCUT2D eigenvalue weighted by Gasteiger charge is 2.51. The number of carbonyl (C=O) groups excluding carboxylic acids is 13. The number of benzene rings is 2. The van der Waals surface area contributed by atoms with Crippen LogP contribution in [0.1, 0.15) is 113 Å². The molecule has 2 aromatic carbocycles. The molecule has 0 unspecified atom stereocenters. The molecular formula is C60H82N10O19. The highest BCUT2D eigenvalue weighted by Crippen LogP contribution is 2.27. The maximum absolute atomic E-state index is 15.1. The van der Waals surface area contributed by atoms with Gasteiger partial charge in [0.1, 0.15) is 66.2 Å². The lowest BCUT2D eigenvalue weighted by molar-refractivity contribution is -0.228. The molecule has 486 valence electrons. The minimum Gasteiger partial charge on any atom is -0.463 e. The number of ether oxygens (including phenoxy) is 6. The first-order valence-electron chi connectivity index (χ1n) is 28.9. The molecule has 0 aliphatic carbocycles. The van der Waals surface area contributed by atoms with Crippen molar-refractivity contribution in [2.45, 2.75) is 193 Å². The number of aromatic nitrogens is 1. The molecule has 0 radical (unpaired) electrons. The standard InChI is InChI=1S/C60H82N10O19/c1-30(2)22-39-51(77)67-42(25-46(75)70-57-48(63-31(3)71)50(86-34(6)74)49(85-33(5)73)45(87-57)29-84-32(4)72)54(80)68-43(26-47(76)88-59(7,8)9)55(81)66-41(24-36-27-61-38-21-17-16-20-37(36)38)53(79)65-40(23-35-18-14-13-15-19-35)52(78)69-44(56(82)64-39)28-62-58(83)89-60(10,11)12/h13-21,27,30,39-45,48-50,57,61H,22-26,28-29H2,1-12H3,(H,62,83)(H,63,71)(H,64,82)(H,65,79)(H,66,81)(H,67,77)(H,68,80)(H,69,78)(H,70,75)/t39-,40-,41-,42-,43-,44+,45+,48+,49+,50+,57+/m0/s1. The summed E-state index contributed by atoms with van der Waals surface area (Å²) in [5.74, 6) is -12.6. The van der Waals surface area contributed by atoms with E-state index in [2.05, 4.69) is 52.8 Å². The Balaban J connectivity index is 1.67. The van der Waals surface area contributed by atoms with Gasteiger partial charge in [-0.05, 0) is 71.1 Å². The first-order chi connectivity index (χ1) is 41.6. The van der Waals surface area contributed by atoms with E-state index in [9.17, 15) is 47.9 Å². The van der Waals surface area contributed by atoms with Crippen LogP contribution in [0.2, 0.25) is 0 Å². The number of hydrogen-bond acceptors (Lipinski definition) is 19. The second kappa shape index (κ2) is 31.7. The van der Waals surface area contributed by atoms with Gasteiger partial charge in [-0.3, -0.25) is 57.5 Å². The van der Waals surface area contributed by atoms with Gasteiger partial charge in [-0.2, -0.15) is 0 Å². The zero-order valence-corrected chi connectivity index (χ0v) is 51.9. The van der Waals surface area contributed by atoms with E-state index in [1.807, 2.05) is 0 Å². The minimum atomic E-state index is -2.08. The molecule has 29 nitrogen and oxygen atoms in total. The molecule has 9 amide bonds. The van der Waals surface area contributed by atoms with E-state index in [0.717, 1.165) is 27.7 Å². The molecule has 89 heavy (non-hydrogen) atoms. The van der Waals surface area contributed by atoms with Crippen molar-refractivity contribution in [2.75, 3.05) is 13.2 Å². The lowest BCUT2D eigenvalue weighted by Gasteiger charge is -2.45. The highest BCUT2D eigenvalue weighted by atomic mass is 16.6. The van der Waals surface area contributed by atoms with Gasteiger partial charge in [0, 0.05) is 57.6 Å². The van der Waals surface area contributed by atoms with E-state index in [1.54, 1.807) is 116 Å². The average molecular weight is 1250 g/mol. The zero-order chi connectivity index (χ0) is 66.1. The van der Waals surface area contributed by atoms with Gasteiger partial charge in [0.2, 0.25) is 47.3 Å². The van der Waals surface area contributed by atoms with Crippen LogP contribution in [0, 0.1) is 5.92 Å². The zero-order valence-electron chi connectivity index (χ0n) is 51.9. The average Bonchev–Trinajstić information content (AvgIpc) is 1.27. The Morgan fingerprint density at radius 2 is 1.08 bits per heavy atom. The number of hydrogen-bond donors (Lipinski definition) is 10. The Labute approximate surface area is 514 Å². The summed E-state index contributed by atoms with van der Waals surface area (Å²) >= 11 is 0. The van der Waals surface area contributed by atoms with Gasteiger partial charge in [-0.25, -0.2) is 4.79 Å². The number of nitrogens with one attached hydrogen (secondary N) is 10. The summed E-state index contributed by atoms with van der Waals surface area (Å²) in [6, 6.07) is 3.42. The summed E-state index contributed by atoms with van der Waals surface area (Å²) < 4.78 is 33.3. The summed E-state index contributed by atoms with van der Waals surface area (Å²) in [5, 5.41) is 23.6. The van der Waals surface area contributed by atoms with Crippen molar-refractivity contribution in [3.8, 4) is 0 Å². The number of para-hydroxylation sites is 1. The fourth-order valence-electron chi connectivity index (χ4n) is 9.66. The predicted octanol–water partition coefficient (Wildman–Crippen LogP) is 0.340. The normalized spacial score (nSPS) is 24.1. The fourth-order valence-corrected chi connectivity index (χ4v) is 9.66. The summed E-state index contributed by atoms with van der Waals surface area (Å²) in [4.78, 5) is 184. The lowest BCUT2D eigenvalue weighted by atomic mass is 9.94. The van der Waals surface area contributed by atoms with Crippen LogP contribution in [0.3, 0.4) is 0 Å². The number of rotatable bonds is 18. The largest absolute Gasteiger partial charge is 0.463 e. The van der Waals surface area contributed by atoms with Crippen LogP contribution in [-0.4, -0.2) is 173 Å². The summed E-state index contributed by atoms with van der Waals surface area (Å²) in [6.07, 6.45) is -8.52. The third kappa shape index (κ3) is 22.8. The van der Waals surface area contributed by atoms with E-state index in [1.165, 1.54) is 0 Å². The first kappa shape index (κ1) is 70.6. The summed E-state index contributed by atoms with van der Waals surface area (Å²) in [5.41, 5.74) is -0.470. The van der Waals surface area contributed by atoms with E-state index >= 15 is 14.4 Å². The molecule has 0 saturated carbocycles. The molecule has 2 aliphatic heterocycles. The Kier molecular flexibility index (Phi) is 25.1. The molecule has 0 spiro atoms. The maximum Gasteiger partial charge on any atom is 0.407 e. The number of H-pyrrole nitrogens is 1. The topological polar surface area (TPSA) is 401 Å². The van der Waals surface area contributed by atoms with Gasteiger partial charge in [0.15, 0.2) is 18.4 Å². The van der Waals surface area contributed by atoms with E-state index in [4.69, 9.17) is 28.4 Å². The highest BCUT2D eigenvalue weighted by molar-refractivity contribution is 6.00. The number of aromatic amines is 1. The summed E-state index contributed by atoms with van der Waals surface area (Å²) in [7, 11) is 0. The first-order valence-corrected chi connectivity index (χ1v) is 28.9. The Morgan fingerprint density at radius 3 is 1.65 bits per heavy atom. The molecule has 29 heteroatoms. The molecule has 10 N–H and O–H groups in total. The Bertz CT molecular complexity index is 3080. The molecule has 3 aromatic rings. The molecule has 5 rings (SSSR count). The van der Waals surface area contributed by atoms with E-state index in [-0.39, 0.29) is 19.3 Å². The van der Waals surface area contributed by atoms with Gasteiger partial charge in [-0.1, -0.05) is 62.4 Å². The number of carbonyl (C=O) groups is 13. The van der Waals surface area contributed by atoms with Crippen LogP contribution in [0.15, 0.2) is 60.8 Å². The van der Waals surface area contributed by atoms with Crippen LogP contribution in [-0.2, 0) is 98.8 Å². The monoisotopic (exact) mass is 1250 g/mol. The number of amides is 9. The van der Waals surface area contributed by atoms with Crippen molar-refractivity contribution >= 4 is 88.1 Å². The molecule has 3 heterocycles. The smallest absolute Gasteiger partial charge is 0.407 e. The molecule has 2 aliphatic rings. The Hall–Kier alpha value is -9.15. The van der Waals surface area contributed by atoms with E-state index < -0.39 is 187 Å². The van der Waals surface area contributed by atoms with Crippen molar-refractivity contribution in [1.82, 2.24) is 52.8 Å². The van der Waals surface area contributed by atoms with Crippen LogP contribution < -0.4 is 47.9 Å². The Morgan fingerprint density at radius 1 is 0.573 bits per heavy atom. The molecule has 1 aromatic heterocycles. The van der Waals surface area contributed by atoms with Gasteiger partial charge >= 0.3 is 30.0 Å². The maximum atomic E-state index is 15.1. The van der Waals surface area contributed by atoms with Crippen molar-refractivity contribution in [3.05, 3.63) is 71.9 Å². The second-order valence-corrected chi connectivity index (χ2v) is 24.0. The van der Waals surface area contributed by atoms with Crippen molar-refractivity contribution in [1.29, 1.82) is 0 Å². The summed E-state index contributed by atoms with van der Waals surface area (Å²) in [6.45, 7) is 15.6. The molecular weight excluding hydrogens is 1160 g/mol.